The van der Waals surface area contributed by atoms with E-state index in [0.29, 0.717) is 17.3 Å². The number of H-pyrrole nitrogens is 1. The van der Waals surface area contributed by atoms with Crippen LogP contribution < -0.4 is 5.32 Å². The number of pyridine rings is 1. The van der Waals surface area contributed by atoms with Crippen LogP contribution in [0.5, 0.6) is 0 Å². The number of aliphatic hydroxyl groups is 1. The molecule has 0 aliphatic heterocycles. The summed E-state index contributed by atoms with van der Waals surface area (Å²) in [5.74, 6) is 0.250. The second kappa shape index (κ2) is 4.42. The summed E-state index contributed by atoms with van der Waals surface area (Å²) in [5, 5.41) is 13.0. The van der Waals surface area contributed by atoms with Crippen molar-refractivity contribution in [3.8, 4) is 0 Å². The fourth-order valence-corrected chi connectivity index (χ4v) is 2.14. The minimum absolute atomic E-state index is 0.00507. The van der Waals surface area contributed by atoms with Gasteiger partial charge < -0.3 is 15.4 Å². The molecule has 2 aromatic rings. The van der Waals surface area contributed by atoms with Crippen LogP contribution in [-0.4, -0.2) is 33.6 Å². The van der Waals surface area contributed by atoms with Crippen molar-refractivity contribution in [2.75, 3.05) is 6.61 Å². The molecule has 0 saturated heterocycles. The molecule has 5 heteroatoms. The molecule has 1 aliphatic rings. The molecule has 2 aromatic heterocycles. The smallest absolute Gasteiger partial charge is 0.268 e. The lowest BCUT2D eigenvalue weighted by Crippen LogP contribution is -2.39. The molecule has 1 atom stereocenters. The Morgan fingerprint density at radius 1 is 1.61 bits per heavy atom. The lowest BCUT2D eigenvalue weighted by atomic mass is 10.2. The molecule has 0 aromatic carbocycles. The number of fused-ring (bicyclic) bond motifs is 1. The highest BCUT2D eigenvalue weighted by atomic mass is 16.3. The fourth-order valence-electron chi connectivity index (χ4n) is 2.14. The molecule has 0 radical (unpaired) electrons. The zero-order valence-corrected chi connectivity index (χ0v) is 9.89. The number of amides is 1. The molecule has 94 valence electrons. The topological polar surface area (TPSA) is 78.0 Å². The third kappa shape index (κ3) is 2.09. The van der Waals surface area contributed by atoms with Crippen molar-refractivity contribution in [3.05, 3.63) is 30.1 Å². The van der Waals surface area contributed by atoms with Crippen molar-refractivity contribution < 1.29 is 9.90 Å². The molecule has 1 aliphatic carbocycles. The number of aromatic amines is 1. The first kappa shape index (κ1) is 11.2. The number of hydrogen-bond donors (Lipinski definition) is 3. The van der Waals surface area contributed by atoms with E-state index in [1.54, 1.807) is 12.3 Å². The molecule has 1 amide bonds. The quantitative estimate of drug-likeness (QED) is 0.753. The van der Waals surface area contributed by atoms with Gasteiger partial charge in [0.15, 0.2) is 0 Å². The number of carbonyl (C=O) groups is 1. The van der Waals surface area contributed by atoms with Crippen LogP contribution in [0.4, 0.5) is 0 Å². The Morgan fingerprint density at radius 2 is 2.44 bits per heavy atom. The van der Waals surface area contributed by atoms with Gasteiger partial charge >= 0.3 is 0 Å². The van der Waals surface area contributed by atoms with Crippen molar-refractivity contribution in [2.45, 2.75) is 18.9 Å². The number of rotatable bonds is 4. The third-order valence-corrected chi connectivity index (χ3v) is 3.34. The molecule has 0 spiro atoms. The van der Waals surface area contributed by atoms with Crippen molar-refractivity contribution in [2.24, 2.45) is 5.92 Å². The van der Waals surface area contributed by atoms with Crippen molar-refractivity contribution in [1.29, 1.82) is 0 Å². The molecule has 1 saturated carbocycles. The van der Waals surface area contributed by atoms with Crippen LogP contribution in [0.25, 0.3) is 11.0 Å². The van der Waals surface area contributed by atoms with Crippen LogP contribution in [0.15, 0.2) is 24.4 Å². The van der Waals surface area contributed by atoms with Crippen LogP contribution in [0.2, 0.25) is 0 Å². The van der Waals surface area contributed by atoms with E-state index in [1.165, 1.54) is 0 Å². The molecule has 5 nitrogen and oxygen atoms in total. The predicted molar refractivity (Wildman–Crippen MR) is 67.2 cm³/mol. The second-order valence-electron chi connectivity index (χ2n) is 4.72. The van der Waals surface area contributed by atoms with Gasteiger partial charge in [0.05, 0.1) is 12.6 Å². The summed E-state index contributed by atoms with van der Waals surface area (Å²) in [7, 11) is 0. The van der Waals surface area contributed by atoms with Crippen molar-refractivity contribution in [1.82, 2.24) is 15.3 Å². The van der Waals surface area contributed by atoms with E-state index in [9.17, 15) is 9.90 Å². The molecule has 3 rings (SSSR count). The maximum atomic E-state index is 12.0. The monoisotopic (exact) mass is 245 g/mol. The van der Waals surface area contributed by atoms with Gasteiger partial charge in [-0.15, -0.1) is 0 Å². The van der Waals surface area contributed by atoms with Crippen LogP contribution in [0, 0.1) is 5.92 Å². The van der Waals surface area contributed by atoms with E-state index in [1.807, 2.05) is 12.1 Å². The lowest BCUT2D eigenvalue weighted by molar-refractivity contribution is 0.0904. The zero-order chi connectivity index (χ0) is 12.5. The van der Waals surface area contributed by atoms with Gasteiger partial charge in [-0.2, -0.15) is 0 Å². The standard InChI is InChI=1S/C13H15N3O2/c17-7-11(8-3-4-8)16-13(18)10-6-9-2-1-5-14-12(9)15-10/h1-2,5-6,8,11,17H,3-4,7H2,(H,14,15)(H,16,18). The summed E-state index contributed by atoms with van der Waals surface area (Å²) >= 11 is 0. The summed E-state index contributed by atoms with van der Waals surface area (Å²) in [6, 6.07) is 5.38. The minimum atomic E-state index is -0.182. The molecular weight excluding hydrogens is 230 g/mol. The first-order valence-corrected chi connectivity index (χ1v) is 6.13. The number of aliphatic hydroxyl groups excluding tert-OH is 1. The fraction of sp³-hybridized carbons (Fsp3) is 0.385. The molecule has 0 bridgehead atoms. The van der Waals surface area contributed by atoms with Gasteiger partial charge in [-0.1, -0.05) is 0 Å². The summed E-state index contributed by atoms with van der Waals surface area (Å²) in [5.41, 5.74) is 1.19. The molecule has 1 fully saturated rings. The van der Waals surface area contributed by atoms with Gasteiger partial charge in [-0.3, -0.25) is 4.79 Å². The highest BCUT2D eigenvalue weighted by Crippen LogP contribution is 2.32. The zero-order valence-electron chi connectivity index (χ0n) is 9.89. The maximum Gasteiger partial charge on any atom is 0.268 e. The Bertz CT molecular complexity index is 541. The minimum Gasteiger partial charge on any atom is -0.394 e. The van der Waals surface area contributed by atoms with Gasteiger partial charge in [0.1, 0.15) is 11.3 Å². The van der Waals surface area contributed by atoms with E-state index >= 15 is 0 Å². The summed E-state index contributed by atoms with van der Waals surface area (Å²) in [6.07, 6.45) is 3.85. The number of aromatic nitrogens is 2. The van der Waals surface area contributed by atoms with E-state index < -0.39 is 0 Å². The van der Waals surface area contributed by atoms with E-state index in [2.05, 4.69) is 15.3 Å². The van der Waals surface area contributed by atoms with E-state index in [0.717, 1.165) is 18.2 Å². The lowest BCUT2D eigenvalue weighted by Gasteiger charge is -2.14. The normalized spacial score (nSPS) is 16.7. The third-order valence-electron chi connectivity index (χ3n) is 3.34. The van der Waals surface area contributed by atoms with Crippen LogP contribution in [0.3, 0.4) is 0 Å². The van der Waals surface area contributed by atoms with E-state index in [-0.39, 0.29) is 18.6 Å². The molecular formula is C13H15N3O2. The largest absolute Gasteiger partial charge is 0.394 e. The Morgan fingerprint density at radius 3 is 3.11 bits per heavy atom. The number of nitrogens with one attached hydrogen (secondary N) is 2. The van der Waals surface area contributed by atoms with Gasteiger partial charge in [-0.25, -0.2) is 4.98 Å². The molecule has 3 N–H and O–H groups in total. The maximum absolute atomic E-state index is 12.0. The highest BCUT2D eigenvalue weighted by Gasteiger charge is 2.32. The predicted octanol–water partition coefficient (Wildman–Crippen LogP) is 1.06. The molecule has 1 unspecified atom stereocenters. The summed E-state index contributed by atoms with van der Waals surface area (Å²) in [4.78, 5) is 19.2. The van der Waals surface area contributed by atoms with Crippen molar-refractivity contribution >= 4 is 16.9 Å². The van der Waals surface area contributed by atoms with Gasteiger partial charge in [0.2, 0.25) is 0 Å². The number of nitrogens with zero attached hydrogens (tertiary/aromatic N) is 1. The van der Waals surface area contributed by atoms with Crippen LogP contribution >= 0.6 is 0 Å². The van der Waals surface area contributed by atoms with Crippen LogP contribution in [0.1, 0.15) is 23.3 Å². The summed E-state index contributed by atoms with van der Waals surface area (Å²) in [6.45, 7) is -0.00507. The second-order valence-corrected chi connectivity index (χ2v) is 4.72. The Hall–Kier alpha value is -1.88. The highest BCUT2D eigenvalue weighted by molar-refractivity contribution is 5.97. The van der Waals surface area contributed by atoms with Crippen molar-refractivity contribution in [3.63, 3.8) is 0 Å². The first-order valence-electron chi connectivity index (χ1n) is 6.13. The molecule has 2 heterocycles. The number of hydrogen-bond acceptors (Lipinski definition) is 3. The molecule has 18 heavy (non-hydrogen) atoms. The van der Waals surface area contributed by atoms with Gasteiger partial charge in [0, 0.05) is 11.6 Å². The number of carbonyl (C=O) groups excluding carboxylic acids is 1. The van der Waals surface area contributed by atoms with Crippen LogP contribution in [-0.2, 0) is 0 Å². The first-order chi connectivity index (χ1) is 8.78. The Kier molecular flexibility index (Phi) is 2.76. The van der Waals surface area contributed by atoms with Gasteiger partial charge in [0.25, 0.3) is 5.91 Å². The Labute approximate surface area is 104 Å². The van der Waals surface area contributed by atoms with Gasteiger partial charge in [-0.05, 0) is 37.0 Å². The van der Waals surface area contributed by atoms with E-state index in [4.69, 9.17) is 0 Å². The SMILES string of the molecule is O=C(NC(CO)C1CC1)c1cc2cccnc2[nH]1. The Balaban J connectivity index is 1.78. The summed E-state index contributed by atoms with van der Waals surface area (Å²) < 4.78 is 0. The average Bonchev–Trinajstić information content (AvgIpc) is 3.13. The average molecular weight is 245 g/mol.